The summed E-state index contributed by atoms with van der Waals surface area (Å²) < 4.78 is 28.3. The maximum atomic E-state index is 12.7. The van der Waals surface area contributed by atoms with Gasteiger partial charge in [0.15, 0.2) is 5.03 Å². The Hall–Kier alpha value is -2.00. The molecule has 2 aromatic rings. The summed E-state index contributed by atoms with van der Waals surface area (Å²) in [5, 5.41) is 4.54. The van der Waals surface area contributed by atoms with Crippen molar-refractivity contribution >= 4 is 10.0 Å². The van der Waals surface area contributed by atoms with Gasteiger partial charge in [-0.3, -0.25) is 4.79 Å². The number of fused-ring (bicyclic) bond motifs is 1. The first kappa shape index (κ1) is 15.5. The molecule has 24 heavy (non-hydrogen) atoms. The van der Waals surface area contributed by atoms with Gasteiger partial charge in [-0.2, -0.15) is 9.40 Å². The van der Waals surface area contributed by atoms with Crippen LogP contribution in [0.15, 0.2) is 28.4 Å². The number of hydrogen-bond donors (Lipinski definition) is 1. The fourth-order valence-electron chi connectivity index (χ4n) is 3.59. The van der Waals surface area contributed by atoms with Crippen LogP contribution in [0.3, 0.4) is 0 Å². The Labute approximate surface area is 139 Å². The Kier molecular flexibility index (Phi) is 3.76. The summed E-state index contributed by atoms with van der Waals surface area (Å²) in [6.45, 7) is 0.741. The lowest BCUT2D eigenvalue weighted by atomic mass is 10.2. The first-order chi connectivity index (χ1) is 11.6. The van der Waals surface area contributed by atoms with Crippen LogP contribution in [0.5, 0.6) is 0 Å². The predicted molar refractivity (Wildman–Crippen MR) is 86.0 cm³/mol. The van der Waals surface area contributed by atoms with E-state index < -0.39 is 10.0 Å². The Morgan fingerprint density at radius 2 is 2.17 bits per heavy atom. The first-order valence-electron chi connectivity index (χ1n) is 8.16. The zero-order valence-corrected chi connectivity index (χ0v) is 14.0. The third kappa shape index (κ3) is 2.57. The summed E-state index contributed by atoms with van der Waals surface area (Å²) in [6, 6.07) is 1.39. The quantitative estimate of drug-likeness (QED) is 0.856. The molecule has 0 amide bonds. The molecule has 9 heteroatoms. The average Bonchev–Trinajstić information content (AvgIpc) is 3.29. The number of nitrogens with one attached hydrogen (secondary N) is 1. The maximum Gasteiger partial charge on any atom is 0.267 e. The molecule has 1 N–H and O–H groups in total. The molecule has 0 spiro atoms. The molecule has 1 saturated heterocycles. The van der Waals surface area contributed by atoms with Crippen molar-refractivity contribution in [3.63, 3.8) is 0 Å². The van der Waals surface area contributed by atoms with Crippen LogP contribution >= 0.6 is 0 Å². The second-order valence-electron chi connectivity index (χ2n) is 6.32. The van der Waals surface area contributed by atoms with Gasteiger partial charge in [0.1, 0.15) is 0 Å². The minimum absolute atomic E-state index is 0.0867. The number of aromatic nitrogens is 4. The lowest BCUT2D eigenvalue weighted by Crippen LogP contribution is -2.40. The molecule has 1 aliphatic carbocycles. The Bertz CT molecular complexity index is 904. The SMILES string of the molecule is O=c1cc2c(nn1CC1CCCN1S(=O)(=O)c1cnc[nH]1)CCC2. The highest BCUT2D eigenvalue weighted by Gasteiger charge is 2.36. The van der Waals surface area contributed by atoms with Gasteiger partial charge in [0.05, 0.1) is 24.8 Å². The van der Waals surface area contributed by atoms with Gasteiger partial charge < -0.3 is 4.98 Å². The number of sulfonamides is 1. The fraction of sp³-hybridized carbons (Fsp3) is 0.533. The molecule has 0 saturated carbocycles. The van der Waals surface area contributed by atoms with E-state index in [0.717, 1.165) is 43.4 Å². The second kappa shape index (κ2) is 5.82. The smallest absolute Gasteiger partial charge is 0.267 e. The van der Waals surface area contributed by atoms with Crippen LogP contribution in [0, 0.1) is 0 Å². The first-order valence-corrected chi connectivity index (χ1v) is 9.60. The number of aromatic amines is 1. The van der Waals surface area contributed by atoms with Crippen molar-refractivity contribution in [2.24, 2.45) is 0 Å². The highest BCUT2D eigenvalue weighted by molar-refractivity contribution is 7.89. The van der Waals surface area contributed by atoms with Crippen LogP contribution < -0.4 is 5.56 Å². The van der Waals surface area contributed by atoms with Gasteiger partial charge in [-0.25, -0.2) is 18.1 Å². The molecule has 1 unspecified atom stereocenters. The summed E-state index contributed by atoms with van der Waals surface area (Å²) in [7, 11) is -3.62. The number of rotatable bonds is 4. The number of H-pyrrole nitrogens is 1. The highest BCUT2D eigenvalue weighted by Crippen LogP contribution is 2.26. The van der Waals surface area contributed by atoms with E-state index >= 15 is 0 Å². The minimum Gasteiger partial charge on any atom is -0.335 e. The molecule has 0 aromatic carbocycles. The third-order valence-corrected chi connectivity index (χ3v) is 6.67. The van der Waals surface area contributed by atoms with Crippen LogP contribution in [-0.4, -0.2) is 45.1 Å². The fourth-order valence-corrected chi connectivity index (χ4v) is 5.17. The van der Waals surface area contributed by atoms with Crippen LogP contribution in [0.4, 0.5) is 0 Å². The monoisotopic (exact) mass is 349 g/mol. The van der Waals surface area contributed by atoms with E-state index in [1.807, 2.05) is 0 Å². The van der Waals surface area contributed by atoms with Gasteiger partial charge in [0.2, 0.25) is 0 Å². The molecule has 0 radical (unpaired) electrons. The highest BCUT2D eigenvalue weighted by atomic mass is 32.2. The van der Waals surface area contributed by atoms with Crippen molar-refractivity contribution in [3.8, 4) is 0 Å². The van der Waals surface area contributed by atoms with Crippen molar-refractivity contribution in [2.45, 2.75) is 49.7 Å². The summed E-state index contributed by atoms with van der Waals surface area (Å²) >= 11 is 0. The van der Waals surface area contributed by atoms with Crippen LogP contribution in [-0.2, 0) is 29.4 Å². The molecule has 128 valence electrons. The van der Waals surface area contributed by atoms with Crippen molar-refractivity contribution in [3.05, 3.63) is 40.2 Å². The maximum absolute atomic E-state index is 12.7. The van der Waals surface area contributed by atoms with E-state index in [1.54, 1.807) is 6.07 Å². The molecular formula is C15H19N5O3S. The van der Waals surface area contributed by atoms with E-state index in [9.17, 15) is 13.2 Å². The molecule has 4 rings (SSSR count). The van der Waals surface area contributed by atoms with Gasteiger partial charge in [0, 0.05) is 18.7 Å². The molecule has 0 bridgehead atoms. The third-order valence-electron chi connectivity index (χ3n) is 4.79. The molecule has 2 aliphatic rings. The van der Waals surface area contributed by atoms with Crippen molar-refractivity contribution in [1.29, 1.82) is 0 Å². The molecule has 8 nitrogen and oxygen atoms in total. The van der Waals surface area contributed by atoms with Gasteiger partial charge >= 0.3 is 0 Å². The topological polar surface area (TPSA) is 101 Å². The Morgan fingerprint density at radius 3 is 2.96 bits per heavy atom. The van der Waals surface area contributed by atoms with Gasteiger partial charge in [-0.15, -0.1) is 0 Å². The summed E-state index contributed by atoms with van der Waals surface area (Å²) in [4.78, 5) is 18.7. The summed E-state index contributed by atoms with van der Waals surface area (Å²) in [5.74, 6) is 0. The van der Waals surface area contributed by atoms with E-state index in [1.165, 1.54) is 21.5 Å². The second-order valence-corrected chi connectivity index (χ2v) is 8.18. The van der Waals surface area contributed by atoms with Crippen LogP contribution in [0.1, 0.15) is 30.5 Å². The van der Waals surface area contributed by atoms with E-state index in [2.05, 4.69) is 15.1 Å². The van der Waals surface area contributed by atoms with Crippen LogP contribution in [0.25, 0.3) is 0 Å². The molecule has 3 heterocycles. The minimum atomic E-state index is -3.62. The zero-order valence-electron chi connectivity index (χ0n) is 13.2. The zero-order chi connectivity index (χ0) is 16.7. The summed E-state index contributed by atoms with van der Waals surface area (Å²) in [6.07, 6.45) is 6.97. The Morgan fingerprint density at radius 1 is 1.29 bits per heavy atom. The average molecular weight is 349 g/mol. The van der Waals surface area contributed by atoms with E-state index in [4.69, 9.17) is 0 Å². The van der Waals surface area contributed by atoms with Crippen molar-refractivity contribution in [2.75, 3.05) is 6.54 Å². The lowest BCUT2D eigenvalue weighted by Gasteiger charge is -2.23. The summed E-state index contributed by atoms with van der Waals surface area (Å²) in [5.41, 5.74) is 1.85. The van der Waals surface area contributed by atoms with Crippen LogP contribution in [0.2, 0.25) is 0 Å². The molecule has 2 aromatic heterocycles. The Balaban J connectivity index is 1.62. The van der Waals surface area contributed by atoms with Gasteiger partial charge in [0.25, 0.3) is 15.6 Å². The normalized spacial score (nSPS) is 21.2. The van der Waals surface area contributed by atoms with E-state index in [0.29, 0.717) is 13.1 Å². The molecular weight excluding hydrogens is 330 g/mol. The van der Waals surface area contributed by atoms with Crippen molar-refractivity contribution < 1.29 is 8.42 Å². The van der Waals surface area contributed by atoms with Gasteiger partial charge in [-0.1, -0.05) is 0 Å². The molecule has 1 fully saturated rings. The number of imidazole rings is 1. The largest absolute Gasteiger partial charge is 0.335 e. The van der Waals surface area contributed by atoms with Crippen molar-refractivity contribution in [1.82, 2.24) is 24.1 Å². The van der Waals surface area contributed by atoms with Gasteiger partial charge in [-0.05, 0) is 37.7 Å². The number of nitrogens with zero attached hydrogens (tertiary/aromatic N) is 4. The lowest BCUT2D eigenvalue weighted by molar-refractivity contribution is 0.333. The molecule has 1 atom stereocenters. The number of aryl methyl sites for hydroxylation is 2. The standard InChI is InChI=1S/C15H19N5O3S/c21-15-7-11-3-1-5-13(11)18-19(15)9-12-4-2-6-20(12)24(22,23)14-8-16-10-17-14/h7-8,10,12H,1-6,9H2,(H,16,17). The number of hydrogen-bond acceptors (Lipinski definition) is 5. The molecule has 1 aliphatic heterocycles. The van der Waals surface area contributed by atoms with E-state index in [-0.39, 0.29) is 16.6 Å². The predicted octanol–water partition coefficient (Wildman–Crippen LogP) is 0.308.